The zero-order chi connectivity index (χ0) is 27.5. The number of anilines is 1. The average molecular weight is 539 g/mol. The lowest BCUT2D eigenvalue weighted by Crippen LogP contribution is -2.55. The number of hydrogen-bond donors (Lipinski definition) is 2. The summed E-state index contributed by atoms with van der Waals surface area (Å²) in [6.45, 7) is 9.42. The lowest BCUT2D eigenvalue weighted by molar-refractivity contribution is -0.191. The molecule has 0 aromatic carbocycles. The lowest BCUT2D eigenvalue weighted by atomic mass is 9.97. The van der Waals surface area contributed by atoms with Crippen LogP contribution in [0.15, 0.2) is 18.5 Å². The van der Waals surface area contributed by atoms with Gasteiger partial charge in [-0.25, -0.2) is 23.1 Å². The van der Waals surface area contributed by atoms with Crippen molar-refractivity contribution in [3.05, 3.63) is 24.2 Å². The number of hydrogen-bond acceptors (Lipinski definition) is 9. The second-order valence-electron chi connectivity index (χ2n) is 11.7. The van der Waals surface area contributed by atoms with Gasteiger partial charge in [0.25, 0.3) is 5.92 Å². The molecule has 0 saturated carbocycles. The Labute approximate surface area is 219 Å². The number of nitrogens with zero attached hydrogens (tertiary/aromatic N) is 4. The Morgan fingerprint density at radius 3 is 2.74 bits per heavy atom. The summed E-state index contributed by atoms with van der Waals surface area (Å²) in [6.07, 6.45) is -1.77. The van der Waals surface area contributed by atoms with Crippen LogP contribution >= 0.6 is 0 Å². The average Bonchev–Trinajstić information content (AvgIpc) is 3.44. The molecule has 0 spiro atoms. The maximum Gasteiger partial charge on any atom is 0.407 e. The first kappa shape index (κ1) is 27.0. The minimum Gasteiger partial charge on any atom is -0.444 e. The number of nitrogen functional groups attached to an aromatic ring is 1. The third kappa shape index (κ3) is 5.56. The fourth-order valence-corrected chi connectivity index (χ4v) is 5.51. The molecule has 2 aromatic rings. The molecule has 38 heavy (non-hydrogen) atoms. The van der Waals surface area contributed by atoms with Crippen LogP contribution in [0, 0.1) is 0 Å². The van der Waals surface area contributed by atoms with Crippen molar-refractivity contribution in [3.8, 4) is 0 Å². The molecule has 3 aliphatic rings. The molecule has 3 N–H and O–H groups in total. The van der Waals surface area contributed by atoms with Crippen LogP contribution in [-0.4, -0.2) is 86.9 Å². The van der Waals surface area contributed by atoms with E-state index in [-0.39, 0.29) is 25.9 Å². The molecule has 0 radical (unpaired) electrons. The van der Waals surface area contributed by atoms with Gasteiger partial charge in [0.15, 0.2) is 11.6 Å². The second-order valence-corrected chi connectivity index (χ2v) is 11.7. The summed E-state index contributed by atoms with van der Waals surface area (Å²) in [5.41, 5.74) is 6.71. The number of ether oxygens (including phenoxy) is 4. The van der Waals surface area contributed by atoms with Gasteiger partial charge in [0, 0.05) is 38.5 Å². The Morgan fingerprint density at radius 2 is 2.00 bits per heavy atom. The van der Waals surface area contributed by atoms with Gasteiger partial charge in [0.2, 0.25) is 0 Å². The first-order valence-corrected chi connectivity index (χ1v) is 12.9. The minimum atomic E-state index is -2.82. The van der Waals surface area contributed by atoms with E-state index in [1.165, 1.54) is 6.33 Å². The molecule has 5 atom stereocenters. The van der Waals surface area contributed by atoms with Gasteiger partial charge in [-0.1, -0.05) is 0 Å². The summed E-state index contributed by atoms with van der Waals surface area (Å²) >= 11 is 0. The largest absolute Gasteiger partial charge is 0.444 e. The van der Waals surface area contributed by atoms with Gasteiger partial charge in [-0.3, -0.25) is 4.90 Å². The molecular weight excluding hydrogens is 502 g/mol. The van der Waals surface area contributed by atoms with Crippen molar-refractivity contribution in [2.24, 2.45) is 0 Å². The molecule has 0 bridgehead atoms. The van der Waals surface area contributed by atoms with E-state index < -0.39 is 53.9 Å². The number of carbonyl (C=O) groups is 1. The normalized spacial score (nSPS) is 30.9. The first-order chi connectivity index (χ1) is 17.7. The van der Waals surface area contributed by atoms with Crippen LogP contribution in [0.25, 0.3) is 5.52 Å². The third-order valence-corrected chi connectivity index (χ3v) is 7.06. The van der Waals surface area contributed by atoms with Crippen molar-refractivity contribution in [2.45, 2.75) is 95.2 Å². The third-order valence-electron chi connectivity index (χ3n) is 7.06. The summed E-state index contributed by atoms with van der Waals surface area (Å²) in [4.78, 5) is 18.2. The highest BCUT2D eigenvalue weighted by molar-refractivity contribution is 5.67. The maximum atomic E-state index is 14.4. The Hall–Kier alpha value is -2.61. The summed E-state index contributed by atoms with van der Waals surface area (Å²) < 4.78 is 54.8. The number of likely N-dealkylation sites (tertiary alicyclic amines) is 1. The minimum absolute atomic E-state index is 0.0249. The Bertz CT molecular complexity index is 1180. The van der Waals surface area contributed by atoms with Crippen LogP contribution in [0.5, 0.6) is 0 Å². The topological polar surface area (TPSA) is 125 Å². The molecular formula is C25H36F2N6O5. The highest BCUT2D eigenvalue weighted by Gasteiger charge is 2.57. The molecule has 0 unspecified atom stereocenters. The molecule has 13 heteroatoms. The van der Waals surface area contributed by atoms with Gasteiger partial charge in [-0.2, -0.15) is 5.10 Å². The quantitative estimate of drug-likeness (QED) is 0.591. The maximum absolute atomic E-state index is 14.4. The molecule has 5 heterocycles. The molecule has 2 aromatic heterocycles. The number of piperidine rings is 1. The van der Waals surface area contributed by atoms with Gasteiger partial charge >= 0.3 is 6.09 Å². The van der Waals surface area contributed by atoms with Crippen molar-refractivity contribution in [3.63, 3.8) is 0 Å². The van der Waals surface area contributed by atoms with Crippen LogP contribution in [0.1, 0.15) is 59.3 Å². The van der Waals surface area contributed by atoms with Crippen LogP contribution in [0.2, 0.25) is 0 Å². The van der Waals surface area contributed by atoms with Gasteiger partial charge in [-0.05, 0) is 46.8 Å². The number of amides is 1. The van der Waals surface area contributed by atoms with E-state index >= 15 is 0 Å². The van der Waals surface area contributed by atoms with E-state index in [1.807, 2.05) is 30.9 Å². The van der Waals surface area contributed by atoms with E-state index in [4.69, 9.17) is 24.7 Å². The number of alkyl halides is 2. The number of alkyl carbamates (subject to hydrolysis) is 1. The zero-order valence-electron chi connectivity index (χ0n) is 22.3. The van der Waals surface area contributed by atoms with Gasteiger partial charge < -0.3 is 30.0 Å². The van der Waals surface area contributed by atoms with Crippen LogP contribution in [0.4, 0.5) is 19.4 Å². The number of nitrogens with one attached hydrogen (secondary N) is 1. The highest BCUT2D eigenvalue weighted by Crippen LogP contribution is 2.46. The van der Waals surface area contributed by atoms with E-state index in [2.05, 4.69) is 15.4 Å². The number of fused-ring (bicyclic) bond motifs is 2. The molecule has 210 valence electrons. The van der Waals surface area contributed by atoms with E-state index in [1.54, 1.807) is 25.3 Å². The Balaban J connectivity index is 1.35. The standard InChI is InChI=1S/C25H36F2N6O5/c1-23(2,3)38-22(34)29-11-14-10-25(26,27)8-9-32(14)12-17-19-20(37-24(4,5)36-19)18(35-17)15-6-7-16-21(28)30-13-31-33(15)16/h6-7,13-14,17-20H,8-12H2,1-5H3,(H,29,34)(H2,28,30,31)/t14-,17+,18-,19+,20-/m0/s1. The van der Waals surface area contributed by atoms with Crippen molar-refractivity contribution in [1.29, 1.82) is 0 Å². The fraction of sp³-hybridized carbons (Fsp3) is 0.720. The molecule has 3 saturated heterocycles. The molecule has 11 nitrogen and oxygen atoms in total. The summed E-state index contributed by atoms with van der Waals surface area (Å²) in [7, 11) is 0. The van der Waals surface area contributed by atoms with E-state index in [0.717, 1.165) is 5.69 Å². The molecule has 3 fully saturated rings. The number of nitrogens with two attached hydrogens (primary N) is 1. The monoisotopic (exact) mass is 538 g/mol. The molecule has 0 aliphatic carbocycles. The first-order valence-electron chi connectivity index (χ1n) is 12.9. The summed E-state index contributed by atoms with van der Waals surface area (Å²) in [5, 5.41) is 6.99. The lowest BCUT2D eigenvalue weighted by Gasteiger charge is -2.41. The Kier molecular flexibility index (Phi) is 6.77. The second kappa shape index (κ2) is 9.54. The number of halogens is 2. The Morgan fingerprint density at radius 1 is 1.26 bits per heavy atom. The smallest absolute Gasteiger partial charge is 0.407 e. The summed E-state index contributed by atoms with van der Waals surface area (Å²) in [5.74, 6) is -3.32. The fourth-order valence-electron chi connectivity index (χ4n) is 5.51. The highest BCUT2D eigenvalue weighted by atomic mass is 19.3. The molecule has 1 amide bonds. The number of carbonyl (C=O) groups excluding carboxylic acids is 1. The molecule has 5 rings (SSSR count). The van der Waals surface area contributed by atoms with Crippen molar-refractivity contribution >= 4 is 17.4 Å². The van der Waals surface area contributed by atoms with Crippen LogP contribution < -0.4 is 11.1 Å². The van der Waals surface area contributed by atoms with E-state index in [9.17, 15) is 13.6 Å². The predicted octanol–water partition coefficient (Wildman–Crippen LogP) is 2.90. The number of rotatable bonds is 5. The van der Waals surface area contributed by atoms with Gasteiger partial charge in [0.05, 0.1) is 5.69 Å². The zero-order valence-corrected chi connectivity index (χ0v) is 22.3. The SMILES string of the molecule is CC(C)(C)OC(=O)NC[C@@H]1CC(F)(F)CCN1C[C@H]1O[C@@H](c2ccc3c(N)ncnn23)[C@@H]2OC(C)(C)O[C@@H]21. The summed E-state index contributed by atoms with van der Waals surface area (Å²) in [6, 6.07) is 3.08. The number of aromatic nitrogens is 3. The van der Waals surface area contributed by atoms with Crippen molar-refractivity contribution in [2.75, 3.05) is 25.4 Å². The van der Waals surface area contributed by atoms with Gasteiger partial charge in [0.1, 0.15) is 41.9 Å². The van der Waals surface area contributed by atoms with Crippen LogP contribution in [0.3, 0.4) is 0 Å². The van der Waals surface area contributed by atoms with Crippen LogP contribution in [-0.2, 0) is 18.9 Å². The van der Waals surface area contributed by atoms with Crippen molar-refractivity contribution < 1.29 is 32.5 Å². The molecule has 3 aliphatic heterocycles. The van der Waals surface area contributed by atoms with E-state index in [0.29, 0.717) is 17.9 Å². The predicted molar refractivity (Wildman–Crippen MR) is 133 cm³/mol. The van der Waals surface area contributed by atoms with Crippen molar-refractivity contribution in [1.82, 2.24) is 24.8 Å². The van der Waals surface area contributed by atoms with Gasteiger partial charge in [-0.15, -0.1) is 0 Å².